The van der Waals surface area contributed by atoms with Crippen molar-refractivity contribution in [3.63, 3.8) is 0 Å². The maximum atomic E-state index is 13.8. The number of nitriles is 1. The Kier molecular flexibility index (Phi) is 8.28. The minimum absolute atomic E-state index is 0.0906. The van der Waals surface area contributed by atoms with Crippen LogP contribution in [0.4, 0.5) is 15.3 Å². The second-order valence-corrected chi connectivity index (χ2v) is 13.8. The van der Waals surface area contributed by atoms with Crippen LogP contribution in [0.15, 0.2) is 47.9 Å². The first-order valence-electron chi connectivity index (χ1n) is 14.3. The number of rotatable bonds is 7. The van der Waals surface area contributed by atoms with Gasteiger partial charge >= 0.3 is 12.2 Å². The van der Waals surface area contributed by atoms with Gasteiger partial charge in [-0.2, -0.15) is 10.4 Å². The summed E-state index contributed by atoms with van der Waals surface area (Å²) in [4.78, 5) is 36.0. The number of hydrogen-bond donors (Lipinski definition) is 1. The second kappa shape index (κ2) is 11.8. The highest BCUT2D eigenvalue weighted by molar-refractivity contribution is 7.89. The van der Waals surface area contributed by atoms with E-state index in [0.29, 0.717) is 38.9 Å². The molecular formula is C30H34N8O6S. The lowest BCUT2D eigenvalue weighted by Gasteiger charge is -2.27. The molecule has 0 spiro atoms. The number of ether oxygens (including phenoxy) is 1. The molecule has 1 aliphatic rings. The molecular weight excluding hydrogens is 600 g/mol. The molecule has 0 bridgehead atoms. The van der Waals surface area contributed by atoms with Crippen molar-refractivity contribution in [1.29, 1.82) is 5.26 Å². The molecule has 1 saturated heterocycles. The van der Waals surface area contributed by atoms with E-state index in [1.807, 2.05) is 6.07 Å². The van der Waals surface area contributed by atoms with Gasteiger partial charge in [-0.3, -0.25) is 4.68 Å². The number of anilines is 1. The molecule has 4 heterocycles. The smallest absolute Gasteiger partial charge is 0.424 e. The quantitative estimate of drug-likeness (QED) is 0.291. The largest absolute Gasteiger partial charge is 0.464 e. The number of aromatic nitrogens is 5. The molecule has 45 heavy (non-hydrogen) atoms. The van der Waals surface area contributed by atoms with Crippen LogP contribution in [-0.4, -0.2) is 79.6 Å². The zero-order valence-corrected chi connectivity index (χ0v) is 26.4. The van der Waals surface area contributed by atoms with Gasteiger partial charge in [0.05, 0.1) is 42.0 Å². The Labute approximate surface area is 260 Å². The Balaban J connectivity index is 1.65. The summed E-state index contributed by atoms with van der Waals surface area (Å²) in [6, 6.07) is 6.99. The molecule has 1 N–H and O–H groups in total. The number of aryl methyl sites for hydroxylation is 1. The van der Waals surface area contributed by atoms with Crippen LogP contribution in [0, 0.1) is 11.3 Å². The SMILES string of the molecule is CC1CCCN1c1cc(-c2cnc3c(n2)c(-c2cnn(CCC#N)c2)cn3C(=O)O)cc(S(=O)(=O)N(C)C(=O)OC(C)(C)C)c1. The van der Waals surface area contributed by atoms with Gasteiger partial charge in [0.1, 0.15) is 11.1 Å². The minimum atomic E-state index is -4.35. The number of carbonyl (C=O) groups excluding carboxylic acids is 1. The molecule has 1 atom stereocenters. The zero-order chi connectivity index (χ0) is 32.7. The van der Waals surface area contributed by atoms with E-state index in [1.165, 1.54) is 24.5 Å². The highest BCUT2D eigenvalue weighted by Gasteiger charge is 2.32. The standard InChI is InChI=1S/C30H34N8O6S/c1-19-8-6-11-37(19)22-12-20(13-23(14-22)45(42,43)35(5)29(41)44-30(2,3)4)25-16-32-27-26(34-25)24(18-38(27)28(39)40)21-15-33-36(17-21)10-7-9-31/h12-19H,6-8,10-11H2,1-5H3,(H,39,40). The summed E-state index contributed by atoms with van der Waals surface area (Å²) in [6.45, 7) is 8.09. The topological polar surface area (TPSA) is 177 Å². The third-order valence-electron chi connectivity index (χ3n) is 7.48. The number of benzene rings is 1. The number of carbonyl (C=O) groups is 2. The molecule has 4 aromatic rings. The van der Waals surface area contributed by atoms with E-state index in [9.17, 15) is 23.1 Å². The lowest BCUT2D eigenvalue weighted by molar-refractivity contribution is 0.0420. The van der Waals surface area contributed by atoms with Crippen molar-refractivity contribution in [2.45, 2.75) is 70.0 Å². The van der Waals surface area contributed by atoms with E-state index in [-0.39, 0.29) is 28.5 Å². The summed E-state index contributed by atoms with van der Waals surface area (Å²) in [6.07, 6.45) is 5.89. The van der Waals surface area contributed by atoms with E-state index in [1.54, 1.807) is 37.8 Å². The van der Waals surface area contributed by atoms with Crippen LogP contribution in [0.25, 0.3) is 33.5 Å². The van der Waals surface area contributed by atoms with E-state index >= 15 is 0 Å². The van der Waals surface area contributed by atoms with Crippen LogP contribution in [-0.2, 0) is 21.3 Å². The summed E-state index contributed by atoms with van der Waals surface area (Å²) >= 11 is 0. The predicted molar refractivity (Wildman–Crippen MR) is 165 cm³/mol. The molecule has 1 amide bonds. The molecule has 3 aromatic heterocycles. The number of sulfonamides is 1. The first kappa shape index (κ1) is 31.5. The Morgan fingerprint density at radius 3 is 2.58 bits per heavy atom. The molecule has 1 aliphatic heterocycles. The summed E-state index contributed by atoms with van der Waals surface area (Å²) < 4.78 is 36.0. The molecule has 1 fully saturated rings. The number of fused-ring (bicyclic) bond motifs is 1. The zero-order valence-electron chi connectivity index (χ0n) is 25.6. The summed E-state index contributed by atoms with van der Waals surface area (Å²) in [5.41, 5.74) is 1.83. The highest BCUT2D eigenvalue weighted by atomic mass is 32.2. The van der Waals surface area contributed by atoms with Gasteiger partial charge in [0.2, 0.25) is 0 Å². The average molecular weight is 635 g/mol. The van der Waals surface area contributed by atoms with Crippen LogP contribution in [0.2, 0.25) is 0 Å². The van der Waals surface area contributed by atoms with Crippen LogP contribution < -0.4 is 4.90 Å². The van der Waals surface area contributed by atoms with E-state index in [0.717, 1.165) is 31.0 Å². The summed E-state index contributed by atoms with van der Waals surface area (Å²) in [5.74, 6) is 0. The van der Waals surface area contributed by atoms with Gasteiger partial charge in [-0.15, -0.1) is 0 Å². The van der Waals surface area contributed by atoms with Crippen LogP contribution in [0.5, 0.6) is 0 Å². The fraction of sp³-hybridized carbons (Fsp3) is 0.400. The first-order valence-corrected chi connectivity index (χ1v) is 15.8. The Morgan fingerprint density at radius 1 is 1.18 bits per heavy atom. The number of nitrogens with zero attached hydrogens (tertiary/aromatic N) is 8. The van der Waals surface area contributed by atoms with Crippen molar-refractivity contribution in [3.05, 3.63) is 43.0 Å². The number of hydrogen-bond acceptors (Lipinski definition) is 10. The number of carboxylic acid groups (broad SMARTS) is 1. The van der Waals surface area contributed by atoms with E-state index in [4.69, 9.17) is 15.0 Å². The predicted octanol–water partition coefficient (Wildman–Crippen LogP) is 4.95. The Hall–Kier alpha value is -4.97. The van der Waals surface area contributed by atoms with Crippen molar-refractivity contribution in [2.24, 2.45) is 0 Å². The Bertz CT molecular complexity index is 1940. The van der Waals surface area contributed by atoms with Crippen LogP contribution in [0.3, 0.4) is 0 Å². The first-order chi connectivity index (χ1) is 21.2. The molecule has 1 aromatic carbocycles. The molecule has 0 aliphatic carbocycles. The third kappa shape index (κ3) is 6.32. The fourth-order valence-corrected chi connectivity index (χ4v) is 6.32. The van der Waals surface area contributed by atoms with Crippen molar-refractivity contribution in [2.75, 3.05) is 18.5 Å². The molecule has 0 radical (unpaired) electrons. The van der Waals surface area contributed by atoms with Gasteiger partial charge < -0.3 is 14.7 Å². The number of amides is 1. The van der Waals surface area contributed by atoms with E-state index < -0.39 is 27.8 Å². The van der Waals surface area contributed by atoms with Gasteiger partial charge in [-0.05, 0) is 58.7 Å². The highest BCUT2D eigenvalue weighted by Crippen LogP contribution is 2.35. The maximum Gasteiger partial charge on any atom is 0.424 e. The summed E-state index contributed by atoms with van der Waals surface area (Å²) in [5, 5.41) is 23.0. The maximum absolute atomic E-state index is 13.8. The van der Waals surface area contributed by atoms with Gasteiger partial charge in [-0.1, -0.05) is 0 Å². The van der Waals surface area contributed by atoms with Crippen LogP contribution >= 0.6 is 0 Å². The van der Waals surface area contributed by atoms with E-state index in [2.05, 4.69) is 28.0 Å². The van der Waals surface area contributed by atoms with Crippen molar-refractivity contribution in [1.82, 2.24) is 28.6 Å². The molecule has 5 rings (SSSR count). The lowest BCUT2D eigenvalue weighted by Crippen LogP contribution is -2.38. The van der Waals surface area contributed by atoms with Gasteiger partial charge in [-0.25, -0.2) is 36.8 Å². The molecule has 0 saturated carbocycles. The minimum Gasteiger partial charge on any atom is -0.464 e. The Morgan fingerprint density at radius 2 is 1.93 bits per heavy atom. The molecule has 236 valence electrons. The normalized spacial score (nSPS) is 15.3. The van der Waals surface area contributed by atoms with Gasteiger partial charge in [0, 0.05) is 54.4 Å². The third-order valence-corrected chi connectivity index (χ3v) is 9.18. The average Bonchev–Trinajstić information content (AvgIpc) is 3.72. The summed E-state index contributed by atoms with van der Waals surface area (Å²) in [7, 11) is -3.20. The molecule has 14 nitrogen and oxygen atoms in total. The second-order valence-electron chi connectivity index (χ2n) is 11.9. The van der Waals surface area contributed by atoms with Gasteiger partial charge in [0.25, 0.3) is 10.0 Å². The van der Waals surface area contributed by atoms with Gasteiger partial charge in [0.15, 0.2) is 5.65 Å². The van der Waals surface area contributed by atoms with Crippen molar-refractivity contribution >= 4 is 39.1 Å². The lowest BCUT2D eigenvalue weighted by atomic mass is 10.1. The van der Waals surface area contributed by atoms with Crippen LogP contribution in [0.1, 0.15) is 47.0 Å². The molecule has 1 unspecified atom stereocenters. The monoisotopic (exact) mass is 634 g/mol. The van der Waals surface area contributed by atoms with Crippen molar-refractivity contribution < 1.29 is 27.9 Å². The molecule has 15 heteroatoms. The van der Waals surface area contributed by atoms with Crippen molar-refractivity contribution in [3.8, 4) is 28.5 Å². The fourth-order valence-electron chi connectivity index (χ4n) is 5.22.